The van der Waals surface area contributed by atoms with Crippen LogP contribution in [0, 0.1) is 13.8 Å². The van der Waals surface area contributed by atoms with Crippen LogP contribution in [0.4, 0.5) is 0 Å². The van der Waals surface area contributed by atoms with Crippen LogP contribution >= 0.6 is 11.3 Å². The summed E-state index contributed by atoms with van der Waals surface area (Å²) in [4.78, 5) is 19.3. The molecular formula is C22H21N3O2S. The molecule has 0 bridgehead atoms. The number of para-hydroxylation sites is 1. The van der Waals surface area contributed by atoms with Gasteiger partial charge in [0.05, 0.1) is 12.8 Å². The van der Waals surface area contributed by atoms with Gasteiger partial charge in [-0.25, -0.2) is 4.98 Å². The number of thiophene rings is 1. The number of hydrogen-bond donors (Lipinski definition) is 1. The minimum Gasteiger partial charge on any atom is -0.496 e. The number of carbonyl (C=O) groups excluding carboxylic acids is 1. The molecule has 0 saturated heterocycles. The second kappa shape index (κ2) is 7.48. The SMILES string of the molecule is COc1ccccc1CNC(=O)c1sc2nc(C)cc(C)c2c1-n1cccc1. The Hall–Kier alpha value is -3.12. The number of carbonyl (C=O) groups is 1. The molecule has 1 N–H and O–H groups in total. The van der Waals surface area contributed by atoms with E-state index < -0.39 is 0 Å². The minimum atomic E-state index is -0.116. The molecule has 1 aromatic carbocycles. The van der Waals surface area contributed by atoms with Crippen LogP contribution in [-0.4, -0.2) is 22.6 Å². The fourth-order valence-electron chi connectivity index (χ4n) is 3.41. The van der Waals surface area contributed by atoms with E-state index in [1.165, 1.54) is 11.3 Å². The molecule has 0 saturated carbocycles. The summed E-state index contributed by atoms with van der Waals surface area (Å²) in [7, 11) is 1.63. The van der Waals surface area contributed by atoms with Gasteiger partial charge in [-0.05, 0) is 43.7 Å². The topological polar surface area (TPSA) is 56.1 Å². The molecule has 142 valence electrons. The maximum absolute atomic E-state index is 13.1. The molecule has 28 heavy (non-hydrogen) atoms. The van der Waals surface area contributed by atoms with E-state index in [0.29, 0.717) is 11.4 Å². The molecule has 5 nitrogen and oxygen atoms in total. The van der Waals surface area contributed by atoms with E-state index in [4.69, 9.17) is 4.74 Å². The molecule has 0 spiro atoms. The van der Waals surface area contributed by atoms with E-state index in [9.17, 15) is 4.79 Å². The van der Waals surface area contributed by atoms with Gasteiger partial charge in [0, 0.05) is 35.6 Å². The van der Waals surface area contributed by atoms with Gasteiger partial charge in [0.1, 0.15) is 15.5 Å². The lowest BCUT2D eigenvalue weighted by Gasteiger charge is -2.11. The Labute approximate surface area is 167 Å². The summed E-state index contributed by atoms with van der Waals surface area (Å²) in [6, 6.07) is 13.7. The number of ether oxygens (including phenoxy) is 1. The number of nitrogens with one attached hydrogen (secondary N) is 1. The van der Waals surface area contributed by atoms with Crippen LogP contribution < -0.4 is 10.1 Å². The fraction of sp³-hybridized carbons (Fsp3) is 0.182. The molecule has 0 aliphatic rings. The van der Waals surface area contributed by atoms with Crippen LogP contribution in [0.25, 0.3) is 15.9 Å². The zero-order valence-corrected chi connectivity index (χ0v) is 16.8. The first-order chi connectivity index (χ1) is 13.6. The van der Waals surface area contributed by atoms with E-state index in [0.717, 1.165) is 38.5 Å². The second-order valence-electron chi connectivity index (χ2n) is 6.63. The highest BCUT2D eigenvalue weighted by molar-refractivity contribution is 7.21. The highest BCUT2D eigenvalue weighted by Gasteiger charge is 2.22. The first-order valence-electron chi connectivity index (χ1n) is 9.02. The van der Waals surface area contributed by atoms with Gasteiger partial charge in [-0.2, -0.15) is 0 Å². The Bertz CT molecular complexity index is 1150. The minimum absolute atomic E-state index is 0.116. The third kappa shape index (κ3) is 3.27. The normalized spacial score (nSPS) is 11.0. The van der Waals surface area contributed by atoms with Gasteiger partial charge in [0.15, 0.2) is 0 Å². The number of amides is 1. The number of nitrogens with zero attached hydrogens (tertiary/aromatic N) is 2. The smallest absolute Gasteiger partial charge is 0.263 e. The maximum atomic E-state index is 13.1. The van der Waals surface area contributed by atoms with E-state index in [2.05, 4.69) is 23.3 Å². The largest absolute Gasteiger partial charge is 0.496 e. The summed E-state index contributed by atoms with van der Waals surface area (Å²) in [6.07, 6.45) is 3.91. The molecule has 3 heterocycles. The third-order valence-electron chi connectivity index (χ3n) is 4.66. The Kier molecular flexibility index (Phi) is 4.88. The van der Waals surface area contributed by atoms with Crippen molar-refractivity contribution in [3.05, 3.63) is 76.6 Å². The van der Waals surface area contributed by atoms with Crippen molar-refractivity contribution < 1.29 is 9.53 Å². The quantitative estimate of drug-likeness (QED) is 0.539. The Balaban J connectivity index is 1.74. The van der Waals surface area contributed by atoms with Crippen LogP contribution in [0.1, 0.15) is 26.5 Å². The number of pyridine rings is 1. The molecule has 4 aromatic rings. The lowest BCUT2D eigenvalue weighted by molar-refractivity contribution is 0.0955. The number of hydrogen-bond acceptors (Lipinski definition) is 4. The van der Waals surface area contributed by atoms with Gasteiger partial charge < -0.3 is 14.6 Å². The zero-order chi connectivity index (χ0) is 19.7. The first kappa shape index (κ1) is 18.3. The van der Waals surface area contributed by atoms with E-state index in [1.807, 2.05) is 60.3 Å². The van der Waals surface area contributed by atoms with Crippen molar-refractivity contribution in [3.63, 3.8) is 0 Å². The average molecular weight is 391 g/mol. The number of rotatable bonds is 5. The molecule has 3 aromatic heterocycles. The highest BCUT2D eigenvalue weighted by Crippen LogP contribution is 2.36. The van der Waals surface area contributed by atoms with Crippen LogP contribution in [0.15, 0.2) is 54.9 Å². The summed E-state index contributed by atoms with van der Waals surface area (Å²) in [5.74, 6) is 0.646. The molecule has 0 fully saturated rings. The lowest BCUT2D eigenvalue weighted by atomic mass is 10.1. The van der Waals surface area contributed by atoms with E-state index in [1.54, 1.807) is 7.11 Å². The predicted molar refractivity (Wildman–Crippen MR) is 113 cm³/mol. The molecule has 0 atom stereocenters. The van der Waals surface area contributed by atoms with Gasteiger partial charge in [0.25, 0.3) is 5.91 Å². The van der Waals surface area contributed by atoms with Gasteiger partial charge in [-0.15, -0.1) is 11.3 Å². The molecule has 0 aliphatic carbocycles. The van der Waals surface area contributed by atoms with Crippen LogP contribution in [-0.2, 0) is 6.54 Å². The molecule has 0 aliphatic heterocycles. The van der Waals surface area contributed by atoms with Crippen molar-refractivity contribution in [2.45, 2.75) is 20.4 Å². The van der Waals surface area contributed by atoms with Gasteiger partial charge in [-0.1, -0.05) is 18.2 Å². The van der Waals surface area contributed by atoms with Crippen LogP contribution in [0.5, 0.6) is 5.75 Å². The second-order valence-corrected chi connectivity index (χ2v) is 7.62. The van der Waals surface area contributed by atoms with Crippen LogP contribution in [0.2, 0.25) is 0 Å². The number of fused-ring (bicyclic) bond motifs is 1. The summed E-state index contributed by atoms with van der Waals surface area (Å²) >= 11 is 1.43. The Morgan fingerprint density at radius 3 is 2.68 bits per heavy atom. The monoisotopic (exact) mass is 391 g/mol. The molecule has 4 rings (SSSR count). The summed E-state index contributed by atoms with van der Waals surface area (Å²) in [5, 5.41) is 4.06. The molecule has 6 heteroatoms. The number of aromatic nitrogens is 2. The van der Waals surface area contributed by atoms with Crippen molar-refractivity contribution in [2.24, 2.45) is 0 Å². The molecule has 0 unspecified atom stereocenters. The van der Waals surface area contributed by atoms with Gasteiger partial charge >= 0.3 is 0 Å². The lowest BCUT2D eigenvalue weighted by Crippen LogP contribution is -2.23. The van der Waals surface area contributed by atoms with E-state index >= 15 is 0 Å². The van der Waals surface area contributed by atoms with Gasteiger partial charge in [-0.3, -0.25) is 4.79 Å². The Morgan fingerprint density at radius 2 is 1.93 bits per heavy atom. The number of benzene rings is 1. The summed E-state index contributed by atoms with van der Waals surface area (Å²) in [6.45, 7) is 4.43. The van der Waals surface area contributed by atoms with Crippen molar-refractivity contribution in [1.82, 2.24) is 14.9 Å². The number of aryl methyl sites for hydroxylation is 2. The predicted octanol–water partition coefficient (Wildman–Crippen LogP) is 4.64. The standard InChI is InChI=1S/C22H21N3O2S/c1-14-12-15(2)24-22-18(14)19(25-10-6-7-11-25)20(28-22)21(26)23-13-16-8-4-5-9-17(16)27-3/h4-12H,13H2,1-3H3,(H,23,26). The summed E-state index contributed by atoms with van der Waals surface area (Å²) < 4.78 is 7.37. The van der Waals surface area contributed by atoms with Crippen molar-refractivity contribution in [1.29, 1.82) is 0 Å². The highest BCUT2D eigenvalue weighted by atomic mass is 32.1. The third-order valence-corrected chi connectivity index (χ3v) is 5.73. The zero-order valence-electron chi connectivity index (χ0n) is 16.0. The van der Waals surface area contributed by atoms with Gasteiger partial charge in [0.2, 0.25) is 0 Å². The molecule has 0 radical (unpaired) electrons. The first-order valence-corrected chi connectivity index (χ1v) is 9.84. The van der Waals surface area contributed by atoms with Crippen molar-refractivity contribution in [2.75, 3.05) is 7.11 Å². The van der Waals surface area contributed by atoms with Crippen LogP contribution in [0.3, 0.4) is 0 Å². The fourth-order valence-corrected chi connectivity index (χ4v) is 4.62. The Morgan fingerprint density at radius 1 is 1.18 bits per heavy atom. The van der Waals surface area contributed by atoms with Crippen molar-refractivity contribution in [3.8, 4) is 11.4 Å². The molecular weight excluding hydrogens is 370 g/mol. The van der Waals surface area contributed by atoms with Crippen molar-refractivity contribution >= 4 is 27.5 Å². The maximum Gasteiger partial charge on any atom is 0.263 e. The molecule has 1 amide bonds. The summed E-state index contributed by atoms with van der Waals surface area (Å²) in [5.41, 5.74) is 3.89. The number of methoxy groups -OCH3 is 1. The average Bonchev–Trinajstić information content (AvgIpc) is 3.33. The van der Waals surface area contributed by atoms with E-state index in [-0.39, 0.29) is 5.91 Å².